The van der Waals surface area contributed by atoms with Gasteiger partial charge in [0.2, 0.25) is 11.8 Å². The molecule has 0 amide bonds. The van der Waals surface area contributed by atoms with Gasteiger partial charge >= 0.3 is 0 Å². The Bertz CT molecular complexity index is 671. The average molecular weight is 334 g/mol. The van der Waals surface area contributed by atoms with Crippen LogP contribution in [0, 0.1) is 12.8 Å². The average Bonchev–Trinajstić information content (AvgIpc) is 3.16. The highest BCUT2D eigenvalue weighted by Crippen LogP contribution is 2.41. The quantitative estimate of drug-likeness (QED) is 0.778. The van der Waals surface area contributed by atoms with Crippen LogP contribution in [0.15, 0.2) is 9.68 Å². The van der Waals surface area contributed by atoms with Crippen LogP contribution in [0.5, 0.6) is 0 Å². The Balaban J connectivity index is 1.51. The number of hydrogen-bond acceptors (Lipinski definition) is 7. The van der Waals surface area contributed by atoms with Gasteiger partial charge in [0, 0.05) is 19.1 Å². The minimum Gasteiger partial charge on any atom is -0.341 e. The largest absolute Gasteiger partial charge is 0.341 e. The molecule has 0 radical (unpaired) electrons. The zero-order valence-corrected chi connectivity index (χ0v) is 14.4. The molecule has 1 saturated heterocycles. The zero-order valence-electron chi connectivity index (χ0n) is 13.6. The Morgan fingerprint density at radius 1 is 1.17 bits per heavy atom. The number of aryl methyl sites for hydroxylation is 1. The van der Waals surface area contributed by atoms with Crippen molar-refractivity contribution in [1.82, 2.24) is 24.9 Å². The van der Waals surface area contributed by atoms with E-state index in [0.29, 0.717) is 23.5 Å². The monoisotopic (exact) mass is 334 g/mol. The molecule has 2 aliphatic rings. The molecule has 0 bridgehead atoms. The van der Waals surface area contributed by atoms with Gasteiger partial charge in [0.25, 0.3) is 0 Å². The number of aromatic nitrogens is 5. The molecule has 0 N–H and O–H groups in total. The van der Waals surface area contributed by atoms with Crippen LogP contribution in [-0.2, 0) is 5.75 Å². The highest BCUT2D eigenvalue weighted by Gasteiger charge is 2.32. The van der Waals surface area contributed by atoms with Gasteiger partial charge < -0.3 is 9.42 Å². The lowest BCUT2D eigenvalue weighted by atomic mass is 10.00. The fourth-order valence-electron chi connectivity index (χ4n) is 2.97. The molecule has 2 aromatic heterocycles. The summed E-state index contributed by atoms with van der Waals surface area (Å²) in [6, 6.07) is 0.561. The standard InChI is InChI=1S/C15H22N6OS/c1-10-5-7-20(8-6-10)14-17-18-15(21(14)12-3-4-12)23-9-13-16-11(2)19-22-13/h10,12H,3-9H2,1-2H3. The van der Waals surface area contributed by atoms with Crippen LogP contribution in [0.25, 0.3) is 0 Å². The van der Waals surface area contributed by atoms with E-state index in [1.165, 1.54) is 25.7 Å². The summed E-state index contributed by atoms with van der Waals surface area (Å²) in [4.78, 5) is 6.65. The lowest BCUT2D eigenvalue weighted by molar-refractivity contribution is 0.387. The van der Waals surface area contributed by atoms with Gasteiger partial charge in [-0.1, -0.05) is 23.8 Å². The number of thioether (sulfide) groups is 1. The molecule has 3 heterocycles. The molecule has 1 saturated carbocycles. The number of nitrogens with zero attached hydrogens (tertiary/aromatic N) is 6. The topological polar surface area (TPSA) is 72.9 Å². The molecule has 0 atom stereocenters. The Morgan fingerprint density at radius 3 is 2.61 bits per heavy atom. The molecule has 0 aromatic carbocycles. The maximum absolute atomic E-state index is 5.19. The minimum absolute atomic E-state index is 0.561. The number of hydrogen-bond donors (Lipinski definition) is 0. The van der Waals surface area contributed by atoms with Crippen LogP contribution in [-0.4, -0.2) is 38.0 Å². The summed E-state index contributed by atoms with van der Waals surface area (Å²) in [7, 11) is 0. The smallest absolute Gasteiger partial charge is 0.237 e. The number of anilines is 1. The Morgan fingerprint density at radius 2 is 1.96 bits per heavy atom. The normalized spacial score (nSPS) is 19.5. The molecule has 2 aromatic rings. The molecule has 23 heavy (non-hydrogen) atoms. The lowest BCUT2D eigenvalue weighted by Crippen LogP contribution is -2.34. The van der Waals surface area contributed by atoms with E-state index >= 15 is 0 Å². The van der Waals surface area contributed by atoms with Gasteiger partial charge in [-0.05, 0) is 38.5 Å². The highest BCUT2D eigenvalue weighted by atomic mass is 32.2. The molecular formula is C15H22N6OS. The number of rotatable bonds is 5. The second-order valence-corrected chi connectivity index (χ2v) is 7.52. The van der Waals surface area contributed by atoms with Crippen molar-refractivity contribution in [2.75, 3.05) is 18.0 Å². The first kappa shape index (κ1) is 15.0. The third-order valence-corrected chi connectivity index (χ3v) is 5.45. The molecule has 124 valence electrons. The first-order valence-electron chi connectivity index (χ1n) is 8.32. The zero-order chi connectivity index (χ0) is 15.8. The predicted molar refractivity (Wildman–Crippen MR) is 87.5 cm³/mol. The maximum atomic E-state index is 5.19. The van der Waals surface area contributed by atoms with Crippen molar-refractivity contribution >= 4 is 17.7 Å². The van der Waals surface area contributed by atoms with E-state index < -0.39 is 0 Å². The van der Waals surface area contributed by atoms with E-state index in [1.54, 1.807) is 11.8 Å². The van der Waals surface area contributed by atoms with Crippen LogP contribution in [0.4, 0.5) is 5.95 Å². The molecule has 8 heteroatoms. The van der Waals surface area contributed by atoms with Crippen LogP contribution in [0.3, 0.4) is 0 Å². The fraction of sp³-hybridized carbons (Fsp3) is 0.733. The Kier molecular flexibility index (Phi) is 4.00. The second-order valence-electron chi connectivity index (χ2n) is 6.58. The van der Waals surface area contributed by atoms with E-state index in [-0.39, 0.29) is 0 Å². The molecule has 2 fully saturated rings. The molecule has 4 rings (SSSR count). The summed E-state index contributed by atoms with van der Waals surface area (Å²) in [5.41, 5.74) is 0. The molecule has 1 aliphatic carbocycles. The summed E-state index contributed by atoms with van der Waals surface area (Å²) in [6.45, 7) is 6.33. The molecular weight excluding hydrogens is 312 g/mol. The maximum Gasteiger partial charge on any atom is 0.237 e. The van der Waals surface area contributed by atoms with Gasteiger partial charge in [0.1, 0.15) is 0 Å². The fourth-order valence-corrected chi connectivity index (χ4v) is 3.81. The third-order valence-electron chi connectivity index (χ3n) is 4.52. The first-order valence-corrected chi connectivity index (χ1v) is 9.31. The summed E-state index contributed by atoms with van der Waals surface area (Å²) in [5, 5.41) is 13.7. The van der Waals surface area contributed by atoms with Gasteiger partial charge in [0.05, 0.1) is 5.75 Å². The second kappa shape index (κ2) is 6.14. The highest BCUT2D eigenvalue weighted by molar-refractivity contribution is 7.98. The van der Waals surface area contributed by atoms with Crippen LogP contribution < -0.4 is 4.90 Å². The predicted octanol–water partition coefficient (Wildman–Crippen LogP) is 2.83. The lowest BCUT2D eigenvalue weighted by Gasteiger charge is -2.31. The molecule has 0 unspecified atom stereocenters. The summed E-state index contributed by atoms with van der Waals surface area (Å²) in [5.74, 6) is 3.82. The van der Waals surface area contributed by atoms with Crippen LogP contribution in [0.1, 0.15) is 50.4 Å². The third kappa shape index (κ3) is 3.22. The molecule has 0 spiro atoms. The van der Waals surface area contributed by atoms with Gasteiger partial charge in [0.15, 0.2) is 11.0 Å². The van der Waals surface area contributed by atoms with E-state index in [4.69, 9.17) is 4.52 Å². The van der Waals surface area contributed by atoms with E-state index in [2.05, 4.69) is 36.7 Å². The van der Waals surface area contributed by atoms with Crippen molar-refractivity contribution in [2.45, 2.75) is 56.5 Å². The van der Waals surface area contributed by atoms with Crippen molar-refractivity contribution in [3.63, 3.8) is 0 Å². The van der Waals surface area contributed by atoms with Crippen LogP contribution >= 0.6 is 11.8 Å². The van der Waals surface area contributed by atoms with Crippen molar-refractivity contribution in [1.29, 1.82) is 0 Å². The van der Waals surface area contributed by atoms with Gasteiger partial charge in [-0.3, -0.25) is 4.57 Å². The van der Waals surface area contributed by atoms with E-state index in [0.717, 1.165) is 30.1 Å². The van der Waals surface area contributed by atoms with Crippen LogP contribution in [0.2, 0.25) is 0 Å². The Hall–Kier alpha value is -1.57. The molecule has 1 aliphatic heterocycles. The summed E-state index contributed by atoms with van der Waals surface area (Å²) in [6.07, 6.45) is 4.92. The van der Waals surface area contributed by atoms with Gasteiger partial charge in [-0.25, -0.2) is 0 Å². The molecule has 7 nitrogen and oxygen atoms in total. The van der Waals surface area contributed by atoms with Gasteiger partial charge in [-0.15, -0.1) is 10.2 Å². The van der Waals surface area contributed by atoms with Crippen molar-refractivity contribution in [3.8, 4) is 0 Å². The van der Waals surface area contributed by atoms with Crippen molar-refractivity contribution < 1.29 is 4.52 Å². The van der Waals surface area contributed by atoms with E-state index in [9.17, 15) is 0 Å². The summed E-state index contributed by atoms with van der Waals surface area (Å²) < 4.78 is 7.51. The van der Waals surface area contributed by atoms with Gasteiger partial charge in [-0.2, -0.15) is 4.98 Å². The SMILES string of the molecule is Cc1noc(CSc2nnc(N3CCC(C)CC3)n2C2CC2)n1. The van der Waals surface area contributed by atoms with Crippen molar-refractivity contribution in [2.24, 2.45) is 5.92 Å². The Labute approximate surface area is 139 Å². The van der Waals surface area contributed by atoms with E-state index in [1.807, 2.05) is 6.92 Å². The first-order chi connectivity index (χ1) is 11.2. The van der Waals surface area contributed by atoms with Crippen molar-refractivity contribution in [3.05, 3.63) is 11.7 Å². The minimum atomic E-state index is 0.561. The summed E-state index contributed by atoms with van der Waals surface area (Å²) >= 11 is 1.63. The number of piperidine rings is 1.